The van der Waals surface area contributed by atoms with Crippen LogP contribution in [0.1, 0.15) is 37.9 Å². The minimum Gasteiger partial charge on any atom is -0.459 e. The molecule has 168 valence electrons. The fourth-order valence-electron chi connectivity index (χ4n) is 3.69. The summed E-state index contributed by atoms with van der Waals surface area (Å²) in [6, 6.07) is 14.6. The molecule has 0 bridgehead atoms. The van der Waals surface area contributed by atoms with Gasteiger partial charge in [0.1, 0.15) is 0 Å². The SMILES string of the molecule is CC1=C(C(=O)OC(C)C)C(c2ccccc2)n2c(sc(=Cc3cccc([N+](=O)[O-])c3)c2=O)=N1. The van der Waals surface area contributed by atoms with Crippen LogP contribution in [0.4, 0.5) is 5.69 Å². The summed E-state index contributed by atoms with van der Waals surface area (Å²) >= 11 is 1.17. The molecule has 1 aliphatic heterocycles. The van der Waals surface area contributed by atoms with Gasteiger partial charge in [0.15, 0.2) is 4.80 Å². The highest BCUT2D eigenvalue weighted by Gasteiger charge is 2.33. The van der Waals surface area contributed by atoms with Gasteiger partial charge in [-0.05, 0) is 38.0 Å². The number of nitrogens with zero attached hydrogens (tertiary/aromatic N) is 3. The Labute approximate surface area is 192 Å². The molecule has 0 saturated carbocycles. The summed E-state index contributed by atoms with van der Waals surface area (Å²) < 4.78 is 7.32. The molecule has 33 heavy (non-hydrogen) atoms. The third-order valence-corrected chi connectivity index (χ3v) is 6.06. The zero-order valence-corrected chi connectivity index (χ0v) is 19.0. The molecule has 0 saturated heterocycles. The maximum atomic E-state index is 13.5. The van der Waals surface area contributed by atoms with Gasteiger partial charge in [0, 0.05) is 12.1 Å². The second kappa shape index (κ2) is 8.95. The fourth-order valence-corrected chi connectivity index (χ4v) is 4.74. The molecule has 2 aromatic carbocycles. The van der Waals surface area contributed by atoms with E-state index in [9.17, 15) is 19.7 Å². The van der Waals surface area contributed by atoms with Gasteiger partial charge in [-0.2, -0.15) is 0 Å². The van der Waals surface area contributed by atoms with Crippen LogP contribution in [0.3, 0.4) is 0 Å². The first-order chi connectivity index (χ1) is 15.8. The largest absolute Gasteiger partial charge is 0.459 e. The van der Waals surface area contributed by atoms with Crippen molar-refractivity contribution in [2.45, 2.75) is 32.9 Å². The molecule has 9 heteroatoms. The number of rotatable bonds is 5. The van der Waals surface area contributed by atoms with Gasteiger partial charge in [-0.25, -0.2) is 9.79 Å². The summed E-state index contributed by atoms with van der Waals surface area (Å²) in [7, 11) is 0. The number of ether oxygens (including phenoxy) is 1. The number of thiazole rings is 1. The average molecular weight is 464 g/mol. The molecule has 1 atom stereocenters. The minimum atomic E-state index is -0.694. The van der Waals surface area contributed by atoms with E-state index in [1.807, 2.05) is 30.3 Å². The number of hydrogen-bond donors (Lipinski definition) is 0. The predicted octanol–water partition coefficient (Wildman–Crippen LogP) is 3.10. The maximum absolute atomic E-state index is 13.5. The van der Waals surface area contributed by atoms with Gasteiger partial charge in [0.25, 0.3) is 11.2 Å². The topological polar surface area (TPSA) is 104 Å². The number of carbonyl (C=O) groups excluding carboxylic acids is 1. The van der Waals surface area contributed by atoms with Crippen molar-refractivity contribution in [3.63, 3.8) is 0 Å². The molecule has 0 amide bonds. The average Bonchev–Trinajstić information content (AvgIpc) is 3.07. The van der Waals surface area contributed by atoms with Crippen LogP contribution in [0.5, 0.6) is 0 Å². The highest BCUT2D eigenvalue weighted by Crippen LogP contribution is 2.30. The van der Waals surface area contributed by atoms with Gasteiger partial charge in [-0.15, -0.1) is 0 Å². The van der Waals surface area contributed by atoms with Gasteiger partial charge < -0.3 is 4.74 Å². The monoisotopic (exact) mass is 463 g/mol. The highest BCUT2D eigenvalue weighted by molar-refractivity contribution is 7.07. The lowest BCUT2D eigenvalue weighted by Crippen LogP contribution is -2.40. The summed E-state index contributed by atoms with van der Waals surface area (Å²) in [6.45, 7) is 5.25. The molecule has 1 aromatic heterocycles. The first-order valence-electron chi connectivity index (χ1n) is 10.3. The summed E-state index contributed by atoms with van der Waals surface area (Å²) in [5.74, 6) is -0.520. The van der Waals surface area contributed by atoms with Crippen molar-refractivity contribution in [3.05, 3.63) is 107 Å². The van der Waals surface area contributed by atoms with Crippen LogP contribution in [-0.2, 0) is 9.53 Å². The smallest absolute Gasteiger partial charge is 0.338 e. The maximum Gasteiger partial charge on any atom is 0.338 e. The molecule has 3 aromatic rings. The molecular weight excluding hydrogens is 442 g/mol. The van der Waals surface area contributed by atoms with Crippen LogP contribution in [0.2, 0.25) is 0 Å². The van der Waals surface area contributed by atoms with E-state index in [-0.39, 0.29) is 17.4 Å². The second-order valence-corrected chi connectivity index (χ2v) is 8.81. The van der Waals surface area contributed by atoms with E-state index in [0.29, 0.717) is 26.2 Å². The third kappa shape index (κ3) is 4.40. The minimum absolute atomic E-state index is 0.0618. The number of aromatic nitrogens is 1. The predicted molar refractivity (Wildman–Crippen MR) is 125 cm³/mol. The van der Waals surface area contributed by atoms with Gasteiger partial charge in [-0.3, -0.25) is 19.5 Å². The molecule has 2 heterocycles. The summed E-state index contributed by atoms with van der Waals surface area (Å²) in [4.78, 5) is 42.1. The van der Waals surface area contributed by atoms with E-state index in [1.165, 1.54) is 28.0 Å². The van der Waals surface area contributed by atoms with E-state index < -0.39 is 16.9 Å². The van der Waals surface area contributed by atoms with Gasteiger partial charge in [0.2, 0.25) is 0 Å². The van der Waals surface area contributed by atoms with Gasteiger partial charge in [-0.1, -0.05) is 53.8 Å². The molecule has 8 nitrogen and oxygen atoms in total. The van der Waals surface area contributed by atoms with E-state index in [4.69, 9.17) is 4.74 Å². The zero-order chi connectivity index (χ0) is 23.7. The first kappa shape index (κ1) is 22.3. The summed E-state index contributed by atoms with van der Waals surface area (Å²) in [5, 5.41) is 11.1. The third-order valence-electron chi connectivity index (χ3n) is 5.08. The van der Waals surface area contributed by atoms with Crippen LogP contribution >= 0.6 is 11.3 Å². The van der Waals surface area contributed by atoms with E-state index in [2.05, 4.69) is 4.99 Å². The molecule has 0 radical (unpaired) electrons. The van der Waals surface area contributed by atoms with Crippen molar-refractivity contribution in [3.8, 4) is 0 Å². The molecular formula is C24H21N3O5S. The van der Waals surface area contributed by atoms with Crippen LogP contribution in [0, 0.1) is 10.1 Å². The highest BCUT2D eigenvalue weighted by atomic mass is 32.1. The van der Waals surface area contributed by atoms with Crippen molar-refractivity contribution in [2.24, 2.45) is 4.99 Å². The fraction of sp³-hybridized carbons (Fsp3) is 0.208. The zero-order valence-electron chi connectivity index (χ0n) is 18.2. The van der Waals surface area contributed by atoms with E-state index in [1.54, 1.807) is 39.0 Å². The summed E-state index contributed by atoms with van der Waals surface area (Å²) in [6.07, 6.45) is 1.28. The molecule has 0 spiro atoms. The Hall–Kier alpha value is -3.85. The molecule has 1 aliphatic rings. The quantitative estimate of drug-likeness (QED) is 0.329. The normalized spacial score (nSPS) is 15.9. The summed E-state index contributed by atoms with van der Waals surface area (Å²) in [5.41, 5.74) is 1.68. The van der Waals surface area contributed by atoms with Crippen molar-refractivity contribution in [2.75, 3.05) is 0 Å². The van der Waals surface area contributed by atoms with Crippen LogP contribution in [0.15, 0.2) is 75.7 Å². The van der Waals surface area contributed by atoms with Gasteiger partial charge >= 0.3 is 5.97 Å². The van der Waals surface area contributed by atoms with Crippen LogP contribution < -0.4 is 14.9 Å². The van der Waals surface area contributed by atoms with Crippen LogP contribution in [0.25, 0.3) is 6.08 Å². The number of fused-ring (bicyclic) bond motifs is 1. The van der Waals surface area contributed by atoms with Crippen molar-refractivity contribution in [1.29, 1.82) is 0 Å². The number of allylic oxidation sites excluding steroid dienone is 1. The lowest BCUT2D eigenvalue weighted by molar-refractivity contribution is -0.384. The first-order valence-corrected chi connectivity index (χ1v) is 11.1. The number of nitro benzene ring substituents is 1. The Kier molecular flexibility index (Phi) is 6.06. The van der Waals surface area contributed by atoms with Crippen LogP contribution in [-0.4, -0.2) is 21.6 Å². The Morgan fingerprint density at radius 1 is 1.21 bits per heavy atom. The number of benzene rings is 2. The Morgan fingerprint density at radius 3 is 2.61 bits per heavy atom. The van der Waals surface area contributed by atoms with E-state index in [0.717, 1.165) is 5.56 Å². The van der Waals surface area contributed by atoms with E-state index >= 15 is 0 Å². The number of esters is 1. The number of carbonyl (C=O) groups is 1. The lowest BCUT2D eigenvalue weighted by atomic mass is 9.96. The van der Waals surface area contributed by atoms with Gasteiger partial charge in [0.05, 0.1) is 32.9 Å². The Bertz CT molecular complexity index is 1450. The standard InChI is InChI=1S/C24H21N3O5S/c1-14(2)32-23(29)20-15(3)25-24-26(21(20)17-9-5-4-6-10-17)22(28)19(33-24)13-16-8-7-11-18(12-16)27(30)31/h4-14,21H,1-3H3. The molecule has 0 aliphatic carbocycles. The molecule has 0 N–H and O–H groups in total. The number of nitro groups is 1. The van der Waals surface area contributed by atoms with Crippen molar-refractivity contribution >= 4 is 29.1 Å². The molecule has 1 unspecified atom stereocenters. The van der Waals surface area contributed by atoms with Crippen molar-refractivity contribution < 1.29 is 14.5 Å². The Balaban J connectivity index is 1.92. The number of hydrogen-bond acceptors (Lipinski definition) is 7. The molecule has 0 fully saturated rings. The second-order valence-electron chi connectivity index (χ2n) is 7.80. The van der Waals surface area contributed by atoms with Crippen molar-refractivity contribution in [1.82, 2.24) is 4.57 Å². The Morgan fingerprint density at radius 2 is 1.94 bits per heavy atom. The lowest BCUT2D eigenvalue weighted by Gasteiger charge is -2.25. The molecule has 4 rings (SSSR count). The number of non-ortho nitro benzene ring substituents is 1.